The monoisotopic (exact) mass is 435 g/mol. The summed E-state index contributed by atoms with van der Waals surface area (Å²) in [5, 5.41) is 2.89. The molecule has 0 saturated heterocycles. The SMILES string of the molecule is CCOc1ccc(CN(Cc2nc(C(=O)NCc3ccccc3)co2)C(C)C(C)C)cc1. The molecule has 0 bridgehead atoms. The lowest BCUT2D eigenvalue weighted by Crippen LogP contribution is -2.36. The molecule has 3 aromatic rings. The van der Waals surface area contributed by atoms with Crippen molar-refractivity contribution in [3.8, 4) is 5.75 Å². The first-order valence-corrected chi connectivity index (χ1v) is 11.2. The van der Waals surface area contributed by atoms with Crippen LogP contribution in [0.25, 0.3) is 0 Å². The van der Waals surface area contributed by atoms with E-state index in [1.807, 2.05) is 49.4 Å². The number of oxazole rings is 1. The maximum Gasteiger partial charge on any atom is 0.273 e. The van der Waals surface area contributed by atoms with Crippen molar-refractivity contribution in [2.75, 3.05) is 6.61 Å². The first-order chi connectivity index (χ1) is 15.5. The van der Waals surface area contributed by atoms with Crippen molar-refractivity contribution in [2.24, 2.45) is 5.92 Å². The minimum absolute atomic E-state index is 0.237. The standard InChI is InChI=1S/C26H33N3O3/c1-5-31-23-13-11-22(12-14-23)16-29(20(4)19(2)3)17-25-28-24(18-32-25)26(30)27-15-21-9-7-6-8-10-21/h6-14,18-20H,5,15-17H2,1-4H3,(H,27,30). The van der Waals surface area contributed by atoms with Crippen molar-refractivity contribution in [1.29, 1.82) is 0 Å². The maximum atomic E-state index is 12.5. The van der Waals surface area contributed by atoms with Crippen molar-refractivity contribution < 1.29 is 13.9 Å². The molecule has 2 aromatic carbocycles. The van der Waals surface area contributed by atoms with E-state index in [0.717, 1.165) is 17.9 Å². The molecule has 1 amide bonds. The zero-order chi connectivity index (χ0) is 22.9. The van der Waals surface area contributed by atoms with Gasteiger partial charge in [0.15, 0.2) is 5.69 Å². The number of aromatic nitrogens is 1. The Morgan fingerprint density at radius 2 is 1.75 bits per heavy atom. The molecule has 1 N–H and O–H groups in total. The summed E-state index contributed by atoms with van der Waals surface area (Å²) in [7, 11) is 0. The molecule has 3 rings (SSSR count). The van der Waals surface area contributed by atoms with Gasteiger partial charge in [-0.2, -0.15) is 0 Å². The van der Waals surface area contributed by atoms with Crippen molar-refractivity contribution in [2.45, 2.75) is 53.4 Å². The number of nitrogens with zero attached hydrogens (tertiary/aromatic N) is 2. The Morgan fingerprint density at radius 3 is 2.41 bits per heavy atom. The van der Waals surface area contributed by atoms with E-state index in [9.17, 15) is 4.79 Å². The summed E-state index contributed by atoms with van der Waals surface area (Å²) < 4.78 is 11.2. The molecule has 0 fully saturated rings. The molecule has 1 heterocycles. The second-order valence-electron chi connectivity index (χ2n) is 8.26. The van der Waals surface area contributed by atoms with Gasteiger partial charge in [0.1, 0.15) is 12.0 Å². The van der Waals surface area contributed by atoms with E-state index in [-0.39, 0.29) is 5.91 Å². The topological polar surface area (TPSA) is 67.6 Å². The van der Waals surface area contributed by atoms with Crippen LogP contribution in [0.1, 0.15) is 55.2 Å². The summed E-state index contributed by atoms with van der Waals surface area (Å²) in [4.78, 5) is 19.2. The number of hydrogen-bond acceptors (Lipinski definition) is 5. The van der Waals surface area contributed by atoms with Gasteiger partial charge in [-0.3, -0.25) is 9.69 Å². The van der Waals surface area contributed by atoms with Crippen molar-refractivity contribution in [3.05, 3.63) is 83.6 Å². The number of carbonyl (C=O) groups excluding carboxylic acids is 1. The number of amides is 1. The fourth-order valence-electron chi connectivity index (χ4n) is 3.39. The van der Waals surface area contributed by atoms with Crippen molar-refractivity contribution in [3.63, 3.8) is 0 Å². The minimum atomic E-state index is -0.237. The molecule has 1 unspecified atom stereocenters. The van der Waals surface area contributed by atoms with E-state index in [0.29, 0.717) is 43.2 Å². The van der Waals surface area contributed by atoms with Gasteiger partial charge in [-0.1, -0.05) is 56.3 Å². The molecule has 6 heteroatoms. The molecule has 170 valence electrons. The fraction of sp³-hybridized carbons (Fsp3) is 0.385. The number of nitrogens with one attached hydrogen (secondary N) is 1. The average molecular weight is 436 g/mol. The Kier molecular flexibility index (Phi) is 8.45. The third kappa shape index (κ3) is 6.69. The Balaban J connectivity index is 1.64. The van der Waals surface area contributed by atoms with E-state index in [1.54, 1.807) is 0 Å². The van der Waals surface area contributed by atoms with Gasteiger partial charge in [-0.15, -0.1) is 0 Å². The zero-order valence-electron chi connectivity index (χ0n) is 19.4. The predicted molar refractivity (Wildman–Crippen MR) is 125 cm³/mol. The summed E-state index contributed by atoms with van der Waals surface area (Å²) in [6, 6.07) is 18.3. The lowest BCUT2D eigenvalue weighted by atomic mass is 10.0. The highest BCUT2D eigenvalue weighted by molar-refractivity contribution is 5.91. The van der Waals surface area contributed by atoms with Gasteiger partial charge in [0.05, 0.1) is 13.2 Å². The van der Waals surface area contributed by atoms with Gasteiger partial charge in [-0.25, -0.2) is 4.98 Å². The van der Waals surface area contributed by atoms with Gasteiger partial charge in [0.25, 0.3) is 5.91 Å². The average Bonchev–Trinajstić information content (AvgIpc) is 3.27. The molecule has 6 nitrogen and oxygen atoms in total. The molecule has 0 spiro atoms. The van der Waals surface area contributed by atoms with E-state index < -0.39 is 0 Å². The number of carbonyl (C=O) groups is 1. The molecular formula is C26H33N3O3. The van der Waals surface area contributed by atoms with E-state index >= 15 is 0 Å². The first-order valence-electron chi connectivity index (χ1n) is 11.2. The van der Waals surface area contributed by atoms with Gasteiger partial charge in [0.2, 0.25) is 5.89 Å². The summed E-state index contributed by atoms with van der Waals surface area (Å²) in [6.45, 7) is 11.0. The van der Waals surface area contributed by atoms with Crippen LogP contribution in [0, 0.1) is 5.92 Å². The molecule has 0 aliphatic carbocycles. The van der Waals surface area contributed by atoms with Gasteiger partial charge in [0, 0.05) is 19.1 Å². The molecular weight excluding hydrogens is 402 g/mol. The quantitative estimate of drug-likeness (QED) is 0.456. The Morgan fingerprint density at radius 1 is 1.03 bits per heavy atom. The molecule has 0 aliphatic heterocycles. The van der Waals surface area contributed by atoms with Crippen LogP contribution in [0.4, 0.5) is 0 Å². The smallest absolute Gasteiger partial charge is 0.273 e. The van der Waals surface area contributed by atoms with Crippen LogP contribution in [0.2, 0.25) is 0 Å². The largest absolute Gasteiger partial charge is 0.494 e. The van der Waals surface area contributed by atoms with Crippen LogP contribution < -0.4 is 10.1 Å². The highest BCUT2D eigenvalue weighted by Crippen LogP contribution is 2.20. The van der Waals surface area contributed by atoms with E-state index in [4.69, 9.17) is 9.15 Å². The van der Waals surface area contributed by atoms with Crippen LogP contribution in [0.15, 0.2) is 65.3 Å². The Bertz CT molecular complexity index is 967. The fourth-order valence-corrected chi connectivity index (χ4v) is 3.39. The van der Waals surface area contributed by atoms with E-state index in [1.165, 1.54) is 11.8 Å². The Hall–Kier alpha value is -3.12. The summed E-state index contributed by atoms with van der Waals surface area (Å²) in [5.74, 6) is 1.63. The Labute approximate surface area is 190 Å². The van der Waals surface area contributed by atoms with Crippen molar-refractivity contribution in [1.82, 2.24) is 15.2 Å². The van der Waals surface area contributed by atoms with Crippen LogP contribution in [0.3, 0.4) is 0 Å². The second kappa shape index (κ2) is 11.5. The lowest BCUT2D eigenvalue weighted by molar-refractivity contribution is 0.0945. The van der Waals surface area contributed by atoms with Crippen LogP contribution >= 0.6 is 0 Å². The number of benzene rings is 2. The highest BCUT2D eigenvalue weighted by atomic mass is 16.5. The van der Waals surface area contributed by atoms with E-state index in [2.05, 4.69) is 48.1 Å². The number of hydrogen-bond donors (Lipinski definition) is 1. The minimum Gasteiger partial charge on any atom is -0.494 e. The molecule has 32 heavy (non-hydrogen) atoms. The molecule has 0 radical (unpaired) electrons. The number of ether oxygens (including phenoxy) is 1. The van der Waals surface area contributed by atoms with Gasteiger partial charge >= 0.3 is 0 Å². The van der Waals surface area contributed by atoms with Crippen LogP contribution in [-0.2, 0) is 19.6 Å². The zero-order valence-corrected chi connectivity index (χ0v) is 19.4. The summed E-state index contributed by atoms with van der Waals surface area (Å²) in [6.07, 6.45) is 1.44. The highest BCUT2D eigenvalue weighted by Gasteiger charge is 2.21. The third-order valence-corrected chi connectivity index (χ3v) is 5.58. The number of rotatable bonds is 11. The summed E-state index contributed by atoms with van der Waals surface area (Å²) in [5.41, 5.74) is 2.53. The van der Waals surface area contributed by atoms with Gasteiger partial charge < -0.3 is 14.5 Å². The van der Waals surface area contributed by atoms with Gasteiger partial charge in [-0.05, 0) is 43.0 Å². The van der Waals surface area contributed by atoms with Crippen molar-refractivity contribution >= 4 is 5.91 Å². The first kappa shape index (κ1) is 23.5. The predicted octanol–water partition coefficient (Wildman–Crippen LogP) is 5.05. The molecule has 1 atom stereocenters. The third-order valence-electron chi connectivity index (χ3n) is 5.58. The molecule has 0 saturated carbocycles. The lowest BCUT2D eigenvalue weighted by Gasteiger charge is -2.30. The van der Waals surface area contributed by atoms with Crippen LogP contribution in [-0.4, -0.2) is 28.4 Å². The molecule has 1 aromatic heterocycles. The molecule has 0 aliphatic rings. The van der Waals surface area contributed by atoms with Crippen LogP contribution in [0.5, 0.6) is 5.75 Å². The summed E-state index contributed by atoms with van der Waals surface area (Å²) >= 11 is 0. The maximum absolute atomic E-state index is 12.5. The second-order valence-corrected chi connectivity index (χ2v) is 8.26. The normalized spacial score (nSPS) is 12.2.